The molecule has 1 atom stereocenters. The van der Waals surface area contributed by atoms with Crippen LogP contribution in [0.25, 0.3) is 0 Å². The van der Waals surface area contributed by atoms with E-state index in [2.05, 4.69) is 5.10 Å². The molecule has 3 rings (SSSR count). The van der Waals surface area contributed by atoms with Gasteiger partial charge in [0.05, 0.1) is 11.3 Å². The molecular weight excluding hydrogens is 342 g/mol. The van der Waals surface area contributed by atoms with Gasteiger partial charge < -0.3 is 10.0 Å². The number of likely N-dealkylation sites (tertiary alicyclic amines) is 1. The monoisotopic (exact) mass is 369 g/mol. The number of aromatic carboxylic acids is 1. The lowest BCUT2D eigenvalue weighted by Crippen LogP contribution is -2.39. The van der Waals surface area contributed by atoms with Crippen molar-refractivity contribution in [3.8, 4) is 0 Å². The molecule has 1 aromatic carbocycles. The number of hydrogen-bond acceptors (Lipinski definition) is 3. The zero-order valence-electron chi connectivity index (χ0n) is 16.2. The van der Waals surface area contributed by atoms with Crippen LogP contribution in [0.4, 0.5) is 0 Å². The van der Waals surface area contributed by atoms with Crippen LogP contribution in [0.1, 0.15) is 58.1 Å². The van der Waals surface area contributed by atoms with Gasteiger partial charge >= 0.3 is 5.97 Å². The van der Waals surface area contributed by atoms with E-state index in [0.29, 0.717) is 24.9 Å². The number of amides is 1. The van der Waals surface area contributed by atoms with Crippen LogP contribution in [0, 0.1) is 13.8 Å². The van der Waals surface area contributed by atoms with Crippen molar-refractivity contribution in [2.75, 3.05) is 13.1 Å². The van der Waals surface area contributed by atoms with Gasteiger partial charge in [0.15, 0.2) is 0 Å². The lowest BCUT2D eigenvalue weighted by Gasteiger charge is -2.33. The van der Waals surface area contributed by atoms with E-state index in [1.807, 2.05) is 36.5 Å². The van der Waals surface area contributed by atoms with E-state index >= 15 is 0 Å². The predicted octanol–water partition coefficient (Wildman–Crippen LogP) is 3.07. The summed E-state index contributed by atoms with van der Waals surface area (Å²) < 4.78 is 1.86. The van der Waals surface area contributed by atoms with Crippen LogP contribution >= 0.6 is 0 Å². The summed E-state index contributed by atoms with van der Waals surface area (Å²) in [4.78, 5) is 25.9. The zero-order valence-corrected chi connectivity index (χ0v) is 16.2. The first-order valence-corrected chi connectivity index (χ1v) is 9.47. The Kier molecular flexibility index (Phi) is 5.63. The number of aromatic nitrogens is 2. The molecule has 1 fully saturated rings. The number of benzene rings is 1. The summed E-state index contributed by atoms with van der Waals surface area (Å²) in [5, 5.41) is 13.6. The van der Waals surface area contributed by atoms with Crippen LogP contribution in [0.2, 0.25) is 0 Å². The fourth-order valence-electron chi connectivity index (χ4n) is 3.97. The lowest BCUT2D eigenvalue weighted by atomic mass is 9.89. The fourth-order valence-corrected chi connectivity index (χ4v) is 3.97. The summed E-state index contributed by atoms with van der Waals surface area (Å²) in [6.45, 7) is 5.46. The third kappa shape index (κ3) is 4.21. The van der Waals surface area contributed by atoms with Crippen LogP contribution in [0.3, 0.4) is 0 Å². The molecule has 0 aliphatic carbocycles. The smallest absolute Gasteiger partial charge is 0.335 e. The number of carboxylic acids is 1. The fraction of sp³-hybridized carbons (Fsp3) is 0.476. The molecule has 6 heteroatoms. The van der Waals surface area contributed by atoms with Crippen molar-refractivity contribution < 1.29 is 14.7 Å². The SMILES string of the molecule is Cc1nn(C)c(C)c1CCC(=O)N1CCC[C@H](c2cccc(C(=O)O)c2)C1. The van der Waals surface area contributed by atoms with Gasteiger partial charge in [-0.15, -0.1) is 0 Å². The van der Waals surface area contributed by atoms with Crippen LogP contribution < -0.4 is 0 Å². The molecule has 1 N–H and O–H groups in total. The molecule has 1 aliphatic rings. The Bertz CT molecular complexity index is 856. The van der Waals surface area contributed by atoms with Gasteiger partial charge in [0.2, 0.25) is 5.91 Å². The lowest BCUT2D eigenvalue weighted by molar-refractivity contribution is -0.132. The summed E-state index contributed by atoms with van der Waals surface area (Å²) in [7, 11) is 1.92. The van der Waals surface area contributed by atoms with Gasteiger partial charge in [0.1, 0.15) is 0 Å². The molecule has 0 radical (unpaired) electrons. The van der Waals surface area contributed by atoms with Crippen LogP contribution in [0.15, 0.2) is 24.3 Å². The highest BCUT2D eigenvalue weighted by molar-refractivity contribution is 5.87. The highest BCUT2D eigenvalue weighted by Crippen LogP contribution is 2.28. The van der Waals surface area contributed by atoms with E-state index in [1.54, 1.807) is 18.2 Å². The molecule has 2 aromatic rings. The van der Waals surface area contributed by atoms with Gasteiger partial charge in [-0.25, -0.2) is 4.79 Å². The average molecular weight is 369 g/mol. The first-order chi connectivity index (χ1) is 12.9. The predicted molar refractivity (Wildman–Crippen MR) is 103 cm³/mol. The highest BCUT2D eigenvalue weighted by Gasteiger charge is 2.25. The quantitative estimate of drug-likeness (QED) is 0.879. The summed E-state index contributed by atoms with van der Waals surface area (Å²) >= 11 is 0. The van der Waals surface area contributed by atoms with Gasteiger partial charge in [-0.05, 0) is 56.4 Å². The standard InChI is InChI=1S/C21H27N3O3/c1-14-19(15(2)23(3)22-14)9-10-20(25)24-11-5-8-18(13-24)16-6-4-7-17(12-16)21(26)27/h4,6-7,12,18H,5,8-11,13H2,1-3H3,(H,26,27)/t18-/m0/s1. The van der Waals surface area contributed by atoms with E-state index in [4.69, 9.17) is 0 Å². The van der Waals surface area contributed by atoms with Crippen LogP contribution in [-0.4, -0.2) is 44.8 Å². The number of carbonyl (C=O) groups excluding carboxylic acids is 1. The molecule has 0 spiro atoms. The van der Waals surface area contributed by atoms with Gasteiger partial charge in [0.25, 0.3) is 0 Å². The molecule has 1 aliphatic heterocycles. The highest BCUT2D eigenvalue weighted by atomic mass is 16.4. The molecule has 6 nitrogen and oxygen atoms in total. The zero-order chi connectivity index (χ0) is 19.6. The van der Waals surface area contributed by atoms with Crippen molar-refractivity contribution in [3.05, 3.63) is 52.3 Å². The Morgan fingerprint density at radius 1 is 1.30 bits per heavy atom. The first kappa shape index (κ1) is 19.1. The maximum atomic E-state index is 12.8. The van der Waals surface area contributed by atoms with E-state index in [1.165, 1.54) is 0 Å². The van der Waals surface area contributed by atoms with Gasteiger partial charge in [-0.2, -0.15) is 5.10 Å². The largest absolute Gasteiger partial charge is 0.478 e. The molecule has 1 amide bonds. The maximum Gasteiger partial charge on any atom is 0.335 e. The van der Waals surface area contributed by atoms with E-state index in [-0.39, 0.29) is 11.8 Å². The molecule has 144 valence electrons. The number of piperidine rings is 1. The second-order valence-electron chi connectivity index (χ2n) is 7.38. The molecule has 1 saturated heterocycles. The van der Waals surface area contributed by atoms with Gasteiger partial charge in [0, 0.05) is 38.2 Å². The summed E-state index contributed by atoms with van der Waals surface area (Å²) in [6, 6.07) is 7.10. The Labute approximate surface area is 159 Å². The number of carbonyl (C=O) groups is 2. The third-order valence-corrected chi connectivity index (χ3v) is 5.63. The minimum Gasteiger partial charge on any atom is -0.478 e. The third-order valence-electron chi connectivity index (χ3n) is 5.63. The molecule has 0 bridgehead atoms. The van der Waals surface area contributed by atoms with E-state index < -0.39 is 5.97 Å². The van der Waals surface area contributed by atoms with Crippen molar-refractivity contribution in [2.24, 2.45) is 7.05 Å². The Balaban J connectivity index is 1.64. The maximum absolute atomic E-state index is 12.8. The summed E-state index contributed by atoms with van der Waals surface area (Å²) in [6.07, 6.45) is 3.11. The summed E-state index contributed by atoms with van der Waals surface area (Å²) in [5.41, 5.74) is 4.57. The molecule has 0 saturated carbocycles. The Hall–Kier alpha value is -2.63. The van der Waals surface area contributed by atoms with Crippen molar-refractivity contribution in [1.29, 1.82) is 0 Å². The molecule has 1 aromatic heterocycles. The minimum atomic E-state index is -0.914. The minimum absolute atomic E-state index is 0.164. The number of hydrogen-bond donors (Lipinski definition) is 1. The van der Waals surface area contributed by atoms with Crippen molar-refractivity contribution in [1.82, 2.24) is 14.7 Å². The van der Waals surface area contributed by atoms with Crippen molar-refractivity contribution in [3.63, 3.8) is 0 Å². The Morgan fingerprint density at radius 2 is 2.07 bits per heavy atom. The van der Waals surface area contributed by atoms with E-state index in [9.17, 15) is 14.7 Å². The average Bonchev–Trinajstić information content (AvgIpc) is 2.91. The molecule has 0 unspecified atom stereocenters. The number of aryl methyl sites for hydroxylation is 2. The summed E-state index contributed by atoms with van der Waals surface area (Å²) in [5.74, 6) is -0.552. The first-order valence-electron chi connectivity index (χ1n) is 9.47. The van der Waals surface area contributed by atoms with Crippen molar-refractivity contribution >= 4 is 11.9 Å². The normalized spacial score (nSPS) is 17.1. The second kappa shape index (κ2) is 7.94. The molecule has 2 heterocycles. The van der Waals surface area contributed by atoms with E-state index in [0.717, 1.165) is 41.9 Å². The Morgan fingerprint density at radius 3 is 2.74 bits per heavy atom. The van der Waals surface area contributed by atoms with Crippen LogP contribution in [0.5, 0.6) is 0 Å². The molecule has 27 heavy (non-hydrogen) atoms. The van der Waals surface area contributed by atoms with Crippen LogP contribution in [-0.2, 0) is 18.3 Å². The topological polar surface area (TPSA) is 75.4 Å². The number of carboxylic acid groups (broad SMARTS) is 1. The second-order valence-corrected chi connectivity index (χ2v) is 7.38. The molecular formula is C21H27N3O3. The van der Waals surface area contributed by atoms with Gasteiger partial charge in [-0.1, -0.05) is 12.1 Å². The number of rotatable bonds is 5. The number of nitrogens with zero attached hydrogens (tertiary/aromatic N) is 3. The van der Waals surface area contributed by atoms with Gasteiger partial charge in [-0.3, -0.25) is 9.48 Å². The van der Waals surface area contributed by atoms with Crippen molar-refractivity contribution in [2.45, 2.75) is 45.4 Å².